The minimum Gasteiger partial charge on any atom is -0.481 e. The van der Waals surface area contributed by atoms with Gasteiger partial charge in [-0.3, -0.25) is 24.0 Å². The summed E-state index contributed by atoms with van der Waals surface area (Å²) < 4.78 is 0. The summed E-state index contributed by atoms with van der Waals surface area (Å²) in [4.78, 5) is 103. The van der Waals surface area contributed by atoms with Crippen molar-refractivity contribution in [3.63, 3.8) is 0 Å². The van der Waals surface area contributed by atoms with Gasteiger partial charge >= 0.3 is 29.8 Å². The number of carbonyl (C=O) groups excluding carboxylic acids is 4. The molecular formula is C22H32N4O14. The van der Waals surface area contributed by atoms with Crippen LogP contribution >= 0.6 is 0 Å². The Kier molecular flexibility index (Phi) is 15.6. The highest BCUT2D eigenvalue weighted by molar-refractivity contribution is 5.88. The third-order valence-electron chi connectivity index (χ3n) is 5.20. The van der Waals surface area contributed by atoms with Gasteiger partial charge in [-0.15, -0.1) is 0 Å². The van der Waals surface area contributed by atoms with Crippen LogP contribution in [0.4, 0.5) is 0 Å². The van der Waals surface area contributed by atoms with E-state index in [4.69, 9.17) is 15.3 Å². The van der Waals surface area contributed by atoms with E-state index in [0.717, 1.165) is 6.92 Å². The van der Waals surface area contributed by atoms with E-state index in [2.05, 4.69) is 21.3 Å². The fourth-order valence-electron chi connectivity index (χ4n) is 3.17. The van der Waals surface area contributed by atoms with Gasteiger partial charge < -0.3 is 46.8 Å². The monoisotopic (exact) mass is 576 g/mol. The van der Waals surface area contributed by atoms with Crippen LogP contribution in [-0.4, -0.2) is 103 Å². The second-order valence-electron chi connectivity index (χ2n) is 8.51. The summed E-state index contributed by atoms with van der Waals surface area (Å²) in [5, 5.41) is 53.7. The normalized spacial score (nSPS) is 13.4. The molecule has 0 fully saturated rings. The molecule has 0 aromatic rings. The minimum atomic E-state index is -1.61. The van der Waals surface area contributed by atoms with Crippen molar-refractivity contribution in [3.05, 3.63) is 0 Å². The summed E-state index contributed by atoms with van der Waals surface area (Å²) in [5.41, 5.74) is 0. The summed E-state index contributed by atoms with van der Waals surface area (Å²) in [5.74, 6) is -10.6. The number of aliphatic carboxylic acids is 5. The average Bonchev–Trinajstić information content (AvgIpc) is 2.83. The standard InChI is InChI=1S/C22H32N4O14/c1-10(27)23-11(19(33)34)2-6-15(28)24-12(20(35)36)3-7-16(29)25-13(21(37)38)4-8-17(30)26-14(22(39)40)5-9-18(31)32/h11-14H,2-9H2,1H3,(H,23,27)(H,24,28)(H,25,29)(H,26,30)(H,31,32)(H,33,34)(H,35,36)(H,37,38)(H,39,40). The molecule has 0 radical (unpaired) electrons. The molecule has 4 unspecified atom stereocenters. The third-order valence-corrected chi connectivity index (χ3v) is 5.20. The molecule has 40 heavy (non-hydrogen) atoms. The zero-order valence-electron chi connectivity index (χ0n) is 21.4. The Balaban J connectivity index is 4.86. The summed E-state index contributed by atoms with van der Waals surface area (Å²) in [7, 11) is 0. The van der Waals surface area contributed by atoms with Gasteiger partial charge in [0.25, 0.3) is 0 Å². The van der Waals surface area contributed by atoms with E-state index in [1.54, 1.807) is 0 Å². The molecule has 0 saturated carbocycles. The fourth-order valence-corrected chi connectivity index (χ4v) is 3.17. The molecular weight excluding hydrogens is 544 g/mol. The van der Waals surface area contributed by atoms with Gasteiger partial charge in [-0.1, -0.05) is 0 Å². The molecule has 0 aliphatic carbocycles. The van der Waals surface area contributed by atoms with Gasteiger partial charge in [0.2, 0.25) is 23.6 Å². The molecule has 4 atom stereocenters. The summed E-state index contributed by atoms with van der Waals surface area (Å²) in [6, 6.07) is -6.10. The molecule has 224 valence electrons. The van der Waals surface area contributed by atoms with Crippen molar-refractivity contribution in [2.45, 2.75) is 82.5 Å². The van der Waals surface area contributed by atoms with E-state index >= 15 is 0 Å². The van der Waals surface area contributed by atoms with Crippen LogP contribution in [0.2, 0.25) is 0 Å². The first kappa shape index (κ1) is 35.2. The SMILES string of the molecule is CC(=O)NC(CCC(=O)NC(CCC(=O)NC(CCC(=O)NC(CCC(=O)O)C(=O)O)C(=O)O)C(=O)O)C(=O)O. The van der Waals surface area contributed by atoms with E-state index < -0.39 is 123 Å². The number of amides is 4. The Labute approximate surface area is 226 Å². The second-order valence-corrected chi connectivity index (χ2v) is 8.51. The Hall–Kier alpha value is -4.77. The number of nitrogens with one attached hydrogen (secondary N) is 4. The van der Waals surface area contributed by atoms with E-state index in [0.29, 0.717) is 0 Å². The molecule has 0 aromatic carbocycles. The molecule has 0 aliphatic heterocycles. The lowest BCUT2D eigenvalue weighted by molar-refractivity contribution is -0.144. The van der Waals surface area contributed by atoms with Crippen LogP contribution in [0, 0.1) is 0 Å². The molecule has 0 aliphatic rings. The van der Waals surface area contributed by atoms with Crippen LogP contribution < -0.4 is 21.3 Å². The smallest absolute Gasteiger partial charge is 0.326 e. The van der Waals surface area contributed by atoms with Crippen LogP contribution in [-0.2, 0) is 43.2 Å². The molecule has 0 saturated heterocycles. The predicted molar refractivity (Wildman–Crippen MR) is 129 cm³/mol. The van der Waals surface area contributed by atoms with Gasteiger partial charge in [-0.05, 0) is 25.7 Å². The van der Waals surface area contributed by atoms with E-state index in [-0.39, 0.29) is 6.42 Å². The summed E-state index contributed by atoms with van der Waals surface area (Å²) in [6.07, 6.45) is -3.81. The van der Waals surface area contributed by atoms with Gasteiger partial charge in [-0.2, -0.15) is 0 Å². The number of rotatable bonds is 20. The molecule has 9 N–H and O–H groups in total. The molecule has 0 heterocycles. The van der Waals surface area contributed by atoms with E-state index in [9.17, 15) is 53.4 Å². The van der Waals surface area contributed by atoms with Crippen molar-refractivity contribution in [1.29, 1.82) is 0 Å². The minimum absolute atomic E-state index is 0.339. The van der Waals surface area contributed by atoms with E-state index in [1.165, 1.54) is 0 Å². The predicted octanol–water partition coefficient (Wildman–Crippen LogP) is -2.51. The Morgan fingerprint density at radius 3 is 0.925 bits per heavy atom. The van der Waals surface area contributed by atoms with Crippen LogP contribution in [0.1, 0.15) is 58.3 Å². The zero-order valence-corrected chi connectivity index (χ0v) is 21.4. The van der Waals surface area contributed by atoms with Crippen LogP contribution in [0.3, 0.4) is 0 Å². The lowest BCUT2D eigenvalue weighted by Gasteiger charge is -2.18. The van der Waals surface area contributed by atoms with Crippen molar-refractivity contribution in [2.24, 2.45) is 0 Å². The van der Waals surface area contributed by atoms with Crippen LogP contribution in [0.25, 0.3) is 0 Å². The number of carboxylic acids is 5. The zero-order chi connectivity index (χ0) is 31.0. The van der Waals surface area contributed by atoms with Crippen LogP contribution in [0.15, 0.2) is 0 Å². The fraction of sp³-hybridized carbons (Fsp3) is 0.591. The van der Waals surface area contributed by atoms with Gasteiger partial charge in [-0.25, -0.2) is 19.2 Å². The number of hydrogen-bond acceptors (Lipinski definition) is 9. The quantitative estimate of drug-likeness (QED) is 0.0723. The molecule has 0 bridgehead atoms. The average molecular weight is 577 g/mol. The molecule has 0 aromatic heterocycles. The Morgan fingerprint density at radius 1 is 0.450 bits per heavy atom. The van der Waals surface area contributed by atoms with Gasteiger partial charge in [0, 0.05) is 32.6 Å². The van der Waals surface area contributed by atoms with Crippen molar-refractivity contribution >= 4 is 53.5 Å². The highest BCUT2D eigenvalue weighted by Crippen LogP contribution is 2.06. The number of carbonyl (C=O) groups is 9. The topological polar surface area (TPSA) is 303 Å². The van der Waals surface area contributed by atoms with Gasteiger partial charge in [0.05, 0.1) is 0 Å². The number of hydrogen-bond donors (Lipinski definition) is 9. The molecule has 0 rings (SSSR count). The maximum absolute atomic E-state index is 12.2. The molecule has 18 heteroatoms. The Morgan fingerprint density at radius 2 is 0.700 bits per heavy atom. The highest BCUT2D eigenvalue weighted by Gasteiger charge is 2.27. The van der Waals surface area contributed by atoms with E-state index in [1.807, 2.05) is 0 Å². The van der Waals surface area contributed by atoms with Crippen molar-refractivity contribution in [2.75, 3.05) is 0 Å². The lowest BCUT2D eigenvalue weighted by Crippen LogP contribution is -2.45. The largest absolute Gasteiger partial charge is 0.481 e. The van der Waals surface area contributed by atoms with Crippen molar-refractivity contribution in [3.8, 4) is 0 Å². The van der Waals surface area contributed by atoms with Gasteiger partial charge in [0.1, 0.15) is 24.2 Å². The summed E-state index contributed by atoms with van der Waals surface area (Å²) in [6.45, 7) is 1.07. The third kappa shape index (κ3) is 15.5. The maximum Gasteiger partial charge on any atom is 0.326 e. The lowest BCUT2D eigenvalue weighted by atomic mass is 10.1. The molecule has 0 spiro atoms. The second kappa shape index (κ2) is 17.7. The first-order valence-electron chi connectivity index (χ1n) is 11.8. The van der Waals surface area contributed by atoms with Gasteiger partial charge in [0.15, 0.2) is 0 Å². The molecule has 4 amide bonds. The van der Waals surface area contributed by atoms with Crippen molar-refractivity contribution in [1.82, 2.24) is 21.3 Å². The van der Waals surface area contributed by atoms with Crippen molar-refractivity contribution < 1.29 is 68.7 Å². The highest BCUT2D eigenvalue weighted by atomic mass is 16.4. The van der Waals surface area contributed by atoms with Crippen LogP contribution in [0.5, 0.6) is 0 Å². The first-order chi connectivity index (χ1) is 18.5. The maximum atomic E-state index is 12.2. The first-order valence-corrected chi connectivity index (χ1v) is 11.8. The number of carboxylic acid groups (broad SMARTS) is 5. The molecule has 18 nitrogen and oxygen atoms in total. The summed E-state index contributed by atoms with van der Waals surface area (Å²) >= 11 is 0. The Bertz CT molecular complexity index is 998.